The number of nitrogens with one attached hydrogen (secondary N) is 1. The summed E-state index contributed by atoms with van der Waals surface area (Å²) in [6.45, 7) is 2.03. The van der Waals surface area contributed by atoms with Gasteiger partial charge in [0.2, 0.25) is 5.91 Å². The Balaban J connectivity index is 1.76. The lowest BCUT2D eigenvalue weighted by Gasteiger charge is -2.23. The molecule has 0 saturated carbocycles. The molecule has 21 heavy (non-hydrogen) atoms. The van der Waals surface area contributed by atoms with Crippen LogP contribution in [0.15, 0.2) is 28.7 Å². The van der Waals surface area contributed by atoms with E-state index in [0.29, 0.717) is 12.2 Å². The fraction of sp³-hybridized carbons (Fsp3) is 0.500. The standard InChI is InChI=1S/C14H18BrNO4S/c1-14(7-9-21(18,19)10-14)16-13(17)6-8-20-12-4-2-11(15)3-5-12/h2-5H,6-10H2,1H3,(H,16,17). The van der Waals surface area contributed by atoms with Gasteiger partial charge in [0.15, 0.2) is 9.84 Å². The Morgan fingerprint density at radius 2 is 2.05 bits per heavy atom. The van der Waals surface area contributed by atoms with Gasteiger partial charge < -0.3 is 10.1 Å². The largest absolute Gasteiger partial charge is 0.493 e. The average molecular weight is 376 g/mol. The van der Waals surface area contributed by atoms with Crippen molar-refractivity contribution in [2.75, 3.05) is 18.1 Å². The number of rotatable bonds is 5. The molecule has 0 bridgehead atoms. The highest BCUT2D eigenvalue weighted by Crippen LogP contribution is 2.23. The molecular formula is C14H18BrNO4S. The maximum Gasteiger partial charge on any atom is 0.223 e. The second-order valence-corrected chi connectivity index (χ2v) is 8.60. The number of hydrogen-bond acceptors (Lipinski definition) is 4. The van der Waals surface area contributed by atoms with Crippen molar-refractivity contribution in [3.05, 3.63) is 28.7 Å². The van der Waals surface area contributed by atoms with Gasteiger partial charge in [-0.1, -0.05) is 15.9 Å². The van der Waals surface area contributed by atoms with Crippen LogP contribution in [-0.4, -0.2) is 38.0 Å². The monoisotopic (exact) mass is 375 g/mol. The third-order valence-electron chi connectivity index (χ3n) is 3.36. The van der Waals surface area contributed by atoms with E-state index in [1.165, 1.54) is 0 Å². The summed E-state index contributed by atoms with van der Waals surface area (Å²) in [5.41, 5.74) is -0.645. The minimum atomic E-state index is -3.02. The molecule has 0 aromatic heterocycles. The first kappa shape index (κ1) is 16.3. The summed E-state index contributed by atoms with van der Waals surface area (Å²) in [5.74, 6) is 0.658. The summed E-state index contributed by atoms with van der Waals surface area (Å²) >= 11 is 3.33. The van der Waals surface area contributed by atoms with Crippen molar-refractivity contribution in [2.45, 2.75) is 25.3 Å². The fourth-order valence-electron chi connectivity index (χ4n) is 2.30. The molecule has 0 spiro atoms. The topological polar surface area (TPSA) is 72.5 Å². The first-order chi connectivity index (χ1) is 9.78. The van der Waals surface area contributed by atoms with E-state index in [0.717, 1.165) is 4.47 Å². The lowest BCUT2D eigenvalue weighted by molar-refractivity contribution is -0.123. The molecule has 1 fully saturated rings. The van der Waals surface area contributed by atoms with Gasteiger partial charge in [0.05, 0.1) is 30.1 Å². The van der Waals surface area contributed by atoms with Gasteiger partial charge in [-0.25, -0.2) is 8.42 Å². The molecule has 1 N–H and O–H groups in total. The highest BCUT2D eigenvalue weighted by atomic mass is 79.9. The summed E-state index contributed by atoms with van der Waals surface area (Å²) < 4.78 is 29.4. The number of halogens is 1. The number of hydrogen-bond donors (Lipinski definition) is 1. The molecule has 1 aromatic carbocycles. The summed E-state index contributed by atoms with van der Waals surface area (Å²) in [5, 5.41) is 2.80. The Hall–Kier alpha value is -1.08. The smallest absolute Gasteiger partial charge is 0.223 e. The molecule has 2 rings (SSSR count). The van der Waals surface area contributed by atoms with Crippen LogP contribution in [0.1, 0.15) is 19.8 Å². The summed E-state index contributed by atoms with van der Waals surface area (Å²) in [7, 11) is -3.02. The van der Waals surface area contributed by atoms with E-state index in [2.05, 4.69) is 21.2 Å². The number of carbonyl (C=O) groups is 1. The summed E-state index contributed by atoms with van der Waals surface area (Å²) in [4.78, 5) is 11.9. The fourth-order valence-corrected chi connectivity index (χ4v) is 4.66. The minimum absolute atomic E-state index is 0.0132. The number of carbonyl (C=O) groups excluding carboxylic acids is 1. The molecule has 1 atom stereocenters. The highest BCUT2D eigenvalue weighted by molar-refractivity contribution is 9.10. The third kappa shape index (κ3) is 5.00. The lowest BCUT2D eigenvalue weighted by Crippen LogP contribution is -2.47. The van der Waals surface area contributed by atoms with Gasteiger partial charge >= 0.3 is 0 Å². The van der Waals surface area contributed by atoms with E-state index in [9.17, 15) is 13.2 Å². The van der Waals surface area contributed by atoms with Crippen molar-refractivity contribution in [2.24, 2.45) is 0 Å². The van der Waals surface area contributed by atoms with Crippen LogP contribution >= 0.6 is 15.9 Å². The van der Waals surface area contributed by atoms with Gasteiger partial charge in [0.1, 0.15) is 5.75 Å². The summed E-state index contributed by atoms with van der Waals surface area (Å²) in [6, 6.07) is 7.35. The predicted molar refractivity (Wildman–Crippen MR) is 84.1 cm³/mol. The Morgan fingerprint density at radius 3 is 2.62 bits per heavy atom. The molecule has 1 heterocycles. The van der Waals surface area contributed by atoms with Crippen LogP contribution in [0.4, 0.5) is 0 Å². The van der Waals surface area contributed by atoms with E-state index in [4.69, 9.17) is 4.74 Å². The van der Waals surface area contributed by atoms with Crippen LogP contribution in [-0.2, 0) is 14.6 Å². The third-order valence-corrected chi connectivity index (χ3v) is 5.79. The van der Waals surface area contributed by atoms with Crippen LogP contribution < -0.4 is 10.1 Å². The van der Waals surface area contributed by atoms with Crippen molar-refractivity contribution in [1.29, 1.82) is 0 Å². The van der Waals surface area contributed by atoms with Crippen molar-refractivity contribution in [1.82, 2.24) is 5.32 Å². The van der Waals surface area contributed by atoms with Crippen LogP contribution in [0, 0.1) is 0 Å². The van der Waals surface area contributed by atoms with Gasteiger partial charge in [-0.05, 0) is 37.6 Å². The first-order valence-corrected chi connectivity index (χ1v) is 9.29. The van der Waals surface area contributed by atoms with Crippen molar-refractivity contribution >= 4 is 31.7 Å². The van der Waals surface area contributed by atoms with E-state index in [1.807, 2.05) is 24.3 Å². The Labute approximate surface area is 133 Å². The quantitative estimate of drug-likeness (QED) is 0.852. The van der Waals surface area contributed by atoms with Crippen LogP contribution in [0.5, 0.6) is 5.75 Å². The first-order valence-electron chi connectivity index (χ1n) is 6.68. The van der Waals surface area contributed by atoms with Gasteiger partial charge in [0, 0.05) is 4.47 Å². The van der Waals surface area contributed by atoms with Crippen molar-refractivity contribution in [3.8, 4) is 5.75 Å². The molecule has 0 aliphatic carbocycles. The zero-order chi connectivity index (χ0) is 15.5. The number of amides is 1. The SMILES string of the molecule is CC1(NC(=O)CCOc2ccc(Br)cc2)CCS(=O)(=O)C1. The molecule has 1 saturated heterocycles. The molecule has 1 amide bonds. The van der Waals surface area contributed by atoms with Crippen LogP contribution in [0.3, 0.4) is 0 Å². The van der Waals surface area contributed by atoms with Crippen LogP contribution in [0.25, 0.3) is 0 Å². The minimum Gasteiger partial charge on any atom is -0.493 e. The van der Waals surface area contributed by atoms with Gasteiger partial charge in [-0.15, -0.1) is 0 Å². The molecule has 0 radical (unpaired) electrons. The number of ether oxygens (including phenoxy) is 1. The van der Waals surface area contributed by atoms with Gasteiger partial charge in [0.25, 0.3) is 0 Å². The molecule has 116 valence electrons. The van der Waals surface area contributed by atoms with E-state index in [-0.39, 0.29) is 30.4 Å². The van der Waals surface area contributed by atoms with E-state index in [1.54, 1.807) is 6.92 Å². The van der Waals surface area contributed by atoms with Gasteiger partial charge in [-0.3, -0.25) is 4.79 Å². The zero-order valence-corrected chi connectivity index (χ0v) is 14.2. The van der Waals surface area contributed by atoms with Crippen LogP contribution in [0.2, 0.25) is 0 Å². The van der Waals surface area contributed by atoms with Gasteiger partial charge in [-0.2, -0.15) is 0 Å². The molecule has 7 heteroatoms. The average Bonchev–Trinajstić information content (AvgIpc) is 2.65. The summed E-state index contributed by atoms with van der Waals surface area (Å²) in [6.07, 6.45) is 0.667. The molecule has 1 aliphatic rings. The second-order valence-electron chi connectivity index (χ2n) is 5.50. The Kier molecular flexibility index (Phi) is 4.93. The highest BCUT2D eigenvalue weighted by Gasteiger charge is 2.39. The zero-order valence-electron chi connectivity index (χ0n) is 11.8. The van der Waals surface area contributed by atoms with E-state index < -0.39 is 15.4 Å². The molecular weight excluding hydrogens is 358 g/mol. The molecule has 1 aliphatic heterocycles. The Morgan fingerprint density at radius 1 is 1.38 bits per heavy atom. The molecule has 5 nitrogen and oxygen atoms in total. The van der Waals surface area contributed by atoms with Crippen molar-refractivity contribution in [3.63, 3.8) is 0 Å². The van der Waals surface area contributed by atoms with E-state index >= 15 is 0 Å². The maximum absolute atomic E-state index is 11.9. The molecule has 1 aromatic rings. The number of sulfone groups is 1. The normalized spacial score (nSPS) is 23.7. The maximum atomic E-state index is 11.9. The Bertz CT molecular complexity index is 614. The second kappa shape index (κ2) is 6.36. The lowest BCUT2D eigenvalue weighted by atomic mass is 10.0. The van der Waals surface area contributed by atoms with Crippen molar-refractivity contribution < 1.29 is 17.9 Å². The number of benzene rings is 1. The molecule has 1 unspecified atom stereocenters. The predicted octanol–water partition coefficient (Wildman–Crippen LogP) is 1.91.